The lowest BCUT2D eigenvalue weighted by Crippen LogP contribution is -2.48. The molecule has 104 valence electrons. The number of nitrogens with zero attached hydrogens (tertiary/aromatic N) is 3. The summed E-state index contributed by atoms with van der Waals surface area (Å²) >= 11 is 0. The number of carbonyl (C=O) groups excluding carboxylic acids is 1. The number of nitrogens with two attached hydrogens (primary N) is 1. The lowest BCUT2D eigenvalue weighted by molar-refractivity contribution is -0.120. The summed E-state index contributed by atoms with van der Waals surface area (Å²) in [6, 6.07) is 3.46. The summed E-state index contributed by atoms with van der Waals surface area (Å²) in [4.78, 5) is 16.2. The molecule has 0 bridgehead atoms. The van der Waals surface area contributed by atoms with Gasteiger partial charge in [0.2, 0.25) is 5.91 Å². The second-order valence-electron chi connectivity index (χ2n) is 4.55. The van der Waals surface area contributed by atoms with Gasteiger partial charge in [-0.1, -0.05) is 13.3 Å². The van der Waals surface area contributed by atoms with E-state index in [-0.39, 0.29) is 18.3 Å². The van der Waals surface area contributed by atoms with Crippen LogP contribution in [-0.4, -0.2) is 26.0 Å². The van der Waals surface area contributed by atoms with Gasteiger partial charge in [-0.3, -0.25) is 4.79 Å². The zero-order valence-corrected chi connectivity index (χ0v) is 11.8. The Morgan fingerprint density at radius 3 is 2.89 bits per heavy atom. The quantitative estimate of drug-likeness (QED) is 0.893. The largest absolute Gasteiger partial charge is 0.318 e. The van der Waals surface area contributed by atoms with Gasteiger partial charge in [0, 0.05) is 12.3 Å². The Morgan fingerprint density at radius 2 is 2.21 bits per heavy atom. The maximum atomic E-state index is 12.1. The molecule has 0 saturated heterocycles. The van der Waals surface area contributed by atoms with Crippen molar-refractivity contribution < 1.29 is 4.79 Å². The van der Waals surface area contributed by atoms with Crippen LogP contribution in [0, 0.1) is 0 Å². The van der Waals surface area contributed by atoms with Crippen LogP contribution in [0.15, 0.2) is 24.5 Å². The molecule has 2 heterocycles. The summed E-state index contributed by atoms with van der Waals surface area (Å²) in [5, 5.41) is 6.89. The first-order chi connectivity index (χ1) is 8.54. The highest BCUT2D eigenvalue weighted by Crippen LogP contribution is 2.14. The van der Waals surface area contributed by atoms with Crippen LogP contribution in [0.3, 0.4) is 0 Å². The van der Waals surface area contributed by atoms with Crippen molar-refractivity contribution in [2.75, 3.05) is 5.32 Å². The molecule has 0 spiro atoms. The van der Waals surface area contributed by atoms with Gasteiger partial charge in [0.25, 0.3) is 0 Å². The fraction of sp³-hybridized carbons (Fsp3) is 0.417. The van der Waals surface area contributed by atoms with E-state index >= 15 is 0 Å². The minimum Gasteiger partial charge on any atom is -0.318 e. The number of anilines is 1. The van der Waals surface area contributed by atoms with Gasteiger partial charge in [0.1, 0.15) is 5.82 Å². The fourth-order valence-electron chi connectivity index (χ4n) is 1.82. The third-order valence-electron chi connectivity index (χ3n) is 2.82. The van der Waals surface area contributed by atoms with Crippen molar-refractivity contribution in [3.8, 4) is 0 Å². The molecule has 0 saturated carbocycles. The fourth-order valence-corrected chi connectivity index (χ4v) is 1.82. The smallest absolute Gasteiger partial charge is 0.245 e. The molecule has 0 aliphatic heterocycles. The summed E-state index contributed by atoms with van der Waals surface area (Å²) in [5.74, 6) is 0.357. The monoisotopic (exact) mass is 283 g/mol. The predicted molar refractivity (Wildman–Crippen MR) is 76.4 cm³/mol. The van der Waals surface area contributed by atoms with E-state index in [0.29, 0.717) is 17.9 Å². The van der Waals surface area contributed by atoms with Gasteiger partial charge in [-0.15, -0.1) is 12.4 Å². The molecule has 1 atom stereocenters. The van der Waals surface area contributed by atoms with Crippen LogP contribution in [0.5, 0.6) is 0 Å². The van der Waals surface area contributed by atoms with Gasteiger partial charge in [-0.05, 0) is 19.4 Å². The number of amides is 1. The van der Waals surface area contributed by atoms with Crippen molar-refractivity contribution in [2.45, 2.75) is 32.2 Å². The molecule has 19 heavy (non-hydrogen) atoms. The molecular formula is C12H18ClN5O. The van der Waals surface area contributed by atoms with Gasteiger partial charge < -0.3 is 11.1 Å². The highest BCUT2D eigenvalue weighted by Gasteiger charge is 2.27. The van der Waals surface area contributed by atoms with Crippen LogP contribution >= 0.6 is 12.4 Å². The number of fused-ring (bicyclic) bond motifs is 1. The Bertz CT molecular complexity index is 566. The molecule has 6 nitrogen and oxygen atoms in total. The molecular weight excluding hydrogens is 266 g/mol. The molecule has 0 fully saturated rings. The number of aromatic nitrogens is 3. The van der Waals surface area contributed by atoms with E-state index in [1.165, 1.54) is 0 Å². The highest BCUT2D eigenvalue weighted by atomic mass is 35.5. The van der Waals surface area contributed by atoms with Crippen LogP contribution in [0.25, 0.3) is 5.65 Å². The normalized spacial score (nSPS) is 13.6. The number of hydrogen-bond donors (Lipinski definition) is 2. The first-order valence-corrected chi connectivity index (χ1v) is 5.93. The molecule has 2 aromatic rings. The van der Waals surface area contributed by atoms with Crippen molar-refractivity contribution >= 4 is 29.8 Å². The Morgan fingerprint density at radius 1 is 1.47 bits per heavy atom. The van der Waals surface area contributed by atoms with E-state index in [9.17, 15) is 4.79 Å². The van der Waals surface area contributed by atoms with E-state index in [0.717, 1.165) is 6.42 Å². The van der Waals surface area contributed by atoms with Crippen LogP contribution < -0.4 is 11.1 Å². The summed E-state index contributed by atoms with van der Waals surface area (Å²) in [6.45, 7) is 3.73. The first kappa shape index (κ1) is 15.4. The van der Waals surface area contributed by atoms with Crippen LogP contribution in [-0.2, 0) is 4.79 Å². The molecule has 0 aliphatic rings. The van der Waals surface area contributed by atoms with Crippen LogP contribution in [0.1, 0.15) is 26.7 Å². The average Bonchev–Trinajstić information content (AvgIpc) is 2.78. The number of halogens is 1. The number of carbonyl (C=O) groups is 1. The van der Waals surface area contributed by atoms with E-state index in [4.69, 9.17) is 5.73 Å². The molecule has 1 unspecified atom stereocenters. The summed E-state index contributed by atoms with van der Waals surface area (Å²) in [6.07, 6.45) is 4.74. The maximum absolute atomic E-state index is 12.1. The molecule has 0 aromatic carbocycles. The molecule has 2 rings (SSSR count). The third kappa shape index (κ3) is 3.21. The van der Waals surface area contributed by atoms with Crippen molar-refractivity contribution in [3.63, 3.8) is 0 Å². The molecule has 3 N–H and O–H groups in total. The van der Waals surface area contributed by atoms with E-state index in [1.807, 2.05) is 6.92 Å². The average molecular weight is 284 g/mol. The molecule has 2 aromatic heterocycles. The SMILES string of the molecule is CCCC(C)(N)C(=O)Nc1ccnc2ccnn12.Cl. The van der Waals surface area contributed by atoms with Gasteiger partial charge in [0.15, 0.2) is 5.65 Å². The minimum absolute atomic E-state index is 0. The second-order valence-corrected chi connectivity index (χ2v) is 4.55. The Balaban J connectivity index is 0.00000180. The number of nitrogens with one attached hydrogen (secondary N) is 1. The Kier molecular flexibility index (Phi) is 4.85. The summed E-state index contributed by atoms with van der Waals surface area (Å²) < 4.78 is 1.57. The standard InChI is InChI=1S/C12H17N5O.ClH/c1-3-6-12(2,13)11(18)16-10-4-7-14-9-5-8-15-17(9)10;/h4-5,7-8H,3,6,13H2,1-2H3,(H,16,18);1H. The maximum Gasteiger partial charge on any atom is 0.245 e. The predicted octanol–water partition coefficient (Wildman–Crippen LogP) is 1.61. The number of rotatable bonds is 4. The molecule has 7 heteroatoms. The lowest BCUT2D eigenvalue weighted by atomic mass is 9.97. The van der Waals surface area contributed by atoms with Crippen LogP contribution in [0.4, 0.5) is 5.82 Å². The van der Waals surface area contributed by atoms with E-state index in [2.05, 4.69) is 15.4 Å². The van der Waals surface area contributed by atoms with E-state index < -0.39 is 5.54 Å². The lowest BCUT2D eigenvalue weighted by Gasteiger charge is -2.22. The van der Waals surface area contributed by atoms with Crippen LogP contribution in [0.2, 0.25) is 0 Å². The van der Waals surface area contributed by atoms with E-state index in [1.54, 1.807) is 36.0 Å². The Hall–Kier alpha value is -1.66. The van der Waals surface area contributed by atoms with Gasteiger partial charge in [-0.25, -0.2) is 4.98 Å². The summed E-state index contributed by atoms with van der Waals surface area (Å²) in [5.41, 5.74) is 5.79. The highest BCUT2D eigenvalue weighted by molar-refractivity contribution is 5.97. The topological polar surface area (TPSA) is 85.3 Å². The van der Waals surface area contributed by atoms with Crippen molar-refractivity contribution in [2.24, 2.45) is 5.73 Å². The first-order valence-electron chi connectivity index (χ1n) is 5.93. The number of hydrogen-bond acceptors (Lipinski definition) is 4. The Labute approximate surface area is 117 Å². The van der Waals surface area contributed by atoms with Crippen molar-refractivity contribution in [3.05, 3.63) is 24.5 Å². The summed E-state index contributed by atoms with van der Waals surface area (Å²) in [7, 11) is 0. The zero-order valence-electron chi connectivity index (χ0n) is 11.0. The molecule has 0 radical (unpaired) electrons. The second kappa shape index (κ2) is 5.99. The third-order valence-corrected chi connectivity index (χ3v) is 2.82. The van der Waals surface area contributed by atoms with Gasteiger partial charge in [0.05, 0.1) is 11.7 Å². The van der Waals surface area contributed by atoms with Crippen molar-refractivity contribution in [1.82, 2.24) is 14.6 Å². The van der Waals surface area contributed by atoms with Gasteiger partial charge >= 0.3 is 0 Å². The van der Waals surface area contributed by atoms with Gasteiger partial charge in [-0.2, -0.15) is 9.61 Å². The molecule has 1 amide bonds. The zero-order chi connectivity index (χ0) is 13.2. The van der Waals surface area contributed by atoms with Crippen molar-refractivity contribution in [1.29, 1.82) is 0 Å². The molecule has 0 aliphatic carbocycles. The minimum atomic E-state index is -0.877.